The van der Waals surface area contributed by atoms with Gasteiger partial charge in [-0.2, -0.15) is 0 Å². The average Bonchev–Trinajstić information content (AvgIpc) is 2.67. The smallest absolute Gasteiger partial charge is 0.251 e. The first-order valence-corrected chi connectivity index (χ1v) is 8.63. The fraction of sp³-hybridized carbons (Fsp3) is 0.350. The van der Waals surface area contributed by atoms with Crippen LogP contribution < -0.4 is 15.0 Å². The fourth-order valence-corrected chi connectivity index (χ4v) is 2.72. The number of rotatable bonds is 6. The van der Waals surface area contributed by atoms with Crippen molar-refractivity contribution in [3.05, 3.63) is 59.7 Å². The number of carbonyl (C=O) groups excluding carboxylic acids is 1. The Kier molecular flexibility index (Phi) is 5.90. The zero-order chi connectivity index (χ0) is 17.5. The van der Waals surface area contributed by atoms with Crippen LogP contribution in [0.3, 0.4) is 0 Å². The molecule has 0 unspecified atom stereocenters. The Morgan fingerprint density at radius 2 is 1.76 bits per heavy atom. The van der Waals surface area contributed by atoms with E-state index in [0.29, 0.717) is 18.7 Å². The van der Waals surface area contributed by atoms with Gasteiger partial charge in [-0.3, -0.25) is 4.79 Å². The Balaban J connectivity index is 1.43. The summed E-state index contributed by atoms with van der Waals surface area (Å²) in [7, 11) is 0. The molecule has 2 aromatic rings. The molecule has 0 saturated carbocycles. The SMILES string of the molecule is Cc1ccc(OCCNC(=O)c2ccc(N3CCOCC3)cc2)cc1. The van der Waals surface area contributed by atoms with E-state index in [9.17, 15) is 4.79 Å². The van der Waals surface area contributed by atoms with E-state index < -0.39 is 0 Å². The molecule has 25 heavy (non-hydrogen) atoms. The Labute approximate surface area is 148 Å². The summed E-state index contributed by atoms with van der Waals surface area (Å²) in [5.41, 5.74) is 2.98. The van der Waals surface area contributed by atoms with Crippen LogP contribution in [-0.4, -0.2) is 45.4 Å². The number of morpholine rings is 1. The molecule has 0 aromatic heterocycles. The highest BCUT2D eigenvalue weighted by molar-refractivity contribution is 5.94. The van der Waals surface area contributed by atoms with Crippen LogP contribution in [-0.2, 0) is 4.74 Å². The molecule has 2 aromatic carbocycles. The van der Waals surface area contributed by atoms with Gasteiger partial charge in [-0.15, -0.1) is 0 Å². The van der Waals surface area contributed by atoms with Crippen molar-refractivity contribution in [1.82, 2.24) is 5.32 Å². The maximum absolute atomic E-state index is 12.2. The second-order valence-corrected chi connectivity index (χ2v) is 6.06. The maximum atomic E-state index is 12.2. The highest BCUT2D eigenvalue weighted by Crippen LogP contribution is 2.16. The van der Waals surface area contributed by atoms with Crippen LogP contribution in [0.15, 0.2) is 48.5 Å². The van der Waals surface area contributed by atoms with Gasteiger partial charge in [0.25, 0.3) is 5.91 Å². The van der Waals surface area contributed by atoms with Crippen LogP contribution >= 0.6 is 0 Å². The monoisotopic (exact) mass is 340 g/mol. The van der Waals surface area contributed by atoms with Crippen molar-refractivity contribution in [2.75, 3.05) is 44.4 Å². The first kappa shape index (κ1) is 17.3. The van der Waals surface area contributed by atoms with Gasteiger partial charge < -0.3 is 19.7 Å². The van der Waals surface area contributed by atoms with Crippen LogP contribution in [0.25, 0.3) is 0 Å². The summed E-state index contributed by atoms with van der Waals surface area (Å²) < 4.78 is 11.0. The second-order valence-electron chi connectivity index (χ2n) is 6.06. The largest absolute Gasteiger partial charge is 0.492 e. The number of aryl methyl sites for hydroxylation is 1. The van der Waals surface area contributed by atoms with Gasteiger partial charge in [-0.05, 0) is 43.3 Å². The zero-order valence-corrected chi connectivity index (χ0v) is 14.5. The minimum absolute atomic E-state index is 0.0824. The van der Waals surface area contributed by atoms with Gasteiger partial charge in [-0.1, -0.05) is 17.7 Å². The lowest BCUT2D eigenvalue weighted by Gasteiger charge is -2.28. The molecular formula is C20H24N2O3. The minimum atomic E-state index is -0.0824. The summed E-state index contributed by atoms with van der Waals surface area (Å²) >= 11 is 0. The number of hydrogen-bond acceptors (Lipinski definition) is 4. The number of anilines is 1. The summed E-state index contributed by atoms with van der Waals surface area (Å²) in [6, 6.07) is 15.6. The number of benzene rings is 2. The molecule has 5 nitrogen and oxygen atoms in total. The zero-order valence-electron chi connectivity index (χ0n) is 14.5. The predicted octanol–water partition coefficient (Wildman–Crippen LogP) is 2.64. The van der Waals surface area contributed by atoms with Gasteiger partial charge in [0.05, 0.1) is 19.8 Å². The van der Waals surface area contributed by atoms with E-state index in [4.69, 9.17) is 9.47 Å². The molecule has 1 N–H and O–H groups in total. The molecule has 0 spiro atoms. The van der Waals surface area contributed by atoms with Crippen molar-refractivity contribution in [3.63, 3.8) is 0 Å². The molecular weight excluding hydrogens is 316 g/mol. The Bertz CT molecular complexity index is 677. The van der Waals surface area contributed by atoms with E-state index >= 15 is 0 Å². The number of amides is 1. The number of ether oxygens (including phenoxy) is 2. The number of nitrogens with one attached hydrogen (secondary N) is 1. The van der Waals surface area contributed by atoms with Crippen molar-refractivity contribution in [2.45, 2.75) is 6.92 Å². The lowest BCUT2D eigenvalue weighted by atomic mass is 10.1. The highest BCUT2D eigenvalue weighted by Gasteiger charge is 2.12. The third kappa shape index (κ3) is 4.97. The molecule has 0 aliphatic carbocycles. The molecule has 1 aliphatic rings. The first-order chi connectivity index (χ1) is 12.2. The quantitative estimate of drug-likeness (QED) is 0.822. The second kappa shape index (κ2) is 8.53. The molecule has 0 radical (unpaired) electrons. The van der Waals surface area contributed by atoms with Gasteiger partial charge in [0.15, 0.2) is 0 Å². The molecule has 1 heterocycles. The maximum Gasteiger partial charge on any atom is 0.251 e. The van der Waals surface area contributed by atoms with Gasteiger partial charge in [0, 0.05) is 24.3 Å². The van der Waals surface area contributed by atoms with Crippen LogP contribution in [0.5, 0.6) is 5.75 Å². The van der Waals surface area contributed by atoms with E-state index in [1.807, 2.05) is 55.5 Å². The predicted molar refractivity (Wildman–Crippen MR) is 98.5 cm³/mol. The van der Waals surface area contributed by atoms with Crippen molar-refractivity contribution < 1.29 is 14.3 Å². The number of hydrogen-bond donors (Lipinski definition) is 1. The first-order valence-electron chi connectivity index (χ1n) is 8.63. The van der Waals surface area contributed by atoms with E-state index in [0.717, 1.165) is 37.7 Å². The molecule has 1 amide bonds. The molecule has 1 aliphatic heterocycles. The lowest BCUT2D eigenvalue weighted by molar-refractivity contribution is 0.0947. The molecule has 132 valence electrons. The fourth-order valence-electron chi connectivity index (χ4n) is 2.72. The van der Waals surface area contributed by atoms with Gasteiger partial charge >= 0.3 is 0 Å². The van der Waals surface area contributed by atoms with Crippen molar-refractivity contribution in [2.24, 2.45) is 0 Å². The summed E-state index contributed by atoms with van der Waals surface area (Å²) in [6.07, 6.45) is 0. The molecule has 1 saturated heterocycles. The molecule has 1 fully saturated rings. The normalized spacial score (nSPS) is 14.2. The van der Waals surface area contributed by atoms with Gasteiger partial charge in [-0.25, -0.2) is 0 Å². The molecule has 0 bridgehead atoms. The Hall–Kier alpha value is -2.53. The van der Waals surface area contributed by atoms with Gasteiger partial charge in [0.2, 0.25) is 0 Å². The third-order valence-electron chi connectivity index (χ3n) is 4.18. The van der Waals surface area contributed by atoms with Crippen LogP contribution in [0, 0.1) is 6.92 Å². The molecule has 5 heteroatoms. The van der Waals surface area contributed by atoms with E-state index in [1.54, 1.807) is 0 Å². The molecule has 0 atom stereocenters. The van der Waals surface area contributed by atoms with E-state index in [1.165, 1.54) is 5.56 Å². The van der Waals surface area contributed by atoms with E-state index in [-0.39, 0.29) is 5.91 Å². The lowest BCUT2D eigenvalue weighted by Crippen LogP contribution is -2.36. The van der Waals surface area contributed by atoms with Crippen molar-refractivity contribution in [1.29, 1.82) is 0 Å². The topological polar surface area (TPSA) is 50.8 Å². The number of nitrogens with zero attached hydrogens (tertiary/aromatic N) is 1. The third-order valence-corrected chi connectivity index (χ3v) is 4.18. The summed E-state index contributed by atoms with van der Waals surface area (Å²) in [4.78, 5) is 14.5. The van der Waals surface area contributed by atoms with Crippen LogP contribution in [0.2, 0.25) is 0 Å². The average molecular weight is 340 g/mol. The molecule has 3 rings (SSSR count). The minimum Gasteiger partial charge on any atom is -0.492 e. The van der Waals surface area contributed by atoms with Crippen molar-refractivity contribution in [3.8, 4) is 5.75 Å². The van der Waals surface area contributed by atoms with Crippen LogP contribution in [0.1, 0.15) is 15.9 Å². The van der Waals surface area contributed by atoms with Gasteiger partial charge in [0.1, 0.15) is 12.4 Å². The standard InChI is InChI=1S/C20H24N2O3/c1-16-2-8-19(9-3-16)25-13-10-21-20(23)17-4-6-18(7-5-17)22-11-14-24-15-12-22/h2-9H,10-15H2,1H3,(H,21,23). The Morgan fingerprint density at radius 3 is 2.44 bits per heavy atom. The summed E-state index contributed by atoms with van der Waals surface area (Å²) in [5.74, 6) is 0.732. The van der Waals surface area contributed by atoms with Crippen LogP contribution in [0.4, 0.5) is 5.69 Å². The number of carbonyl (C=O) groups is 1. The summed E-state index contributed by atoms with van der Waals surface area (Å²) in [5, 5.41) is 2.88. The Morgan fingerprint density at radius 1 is 1.08 bits per heavy atom. The van der Waals surface area contributed by atoms with Crippen molar-refractivity contribution >= 4 is 11.6 Å². The highest BCUT2D eigenvalue weighted by atomic mass is 16.5. The summed E-state index contributed by atoms with van der Waals surface area (Å²) in [6.45, 7) is 6.24. The van der Waals surface area contributed by atoms with E-state index in [2.05, 4.69) is 10.2 Å².